The zero-order valence-electron chi connectivity index (χ0n) is 13.5. The van der Waals surface area contributed by atoms with Gasteiger partial charge in [-0.2, -0.15) is 0 Å². The molecule has 4 nitrogen and oxygen atoms in total. The van der Waals surface area contributed by atoms with Crippen LogP contribution >= 0.6 is 0 Å². The van der Waals surface area contributed by atoms with Crippen LogP contribution in [-0.2, 0) is 0 Å². The van der Waals surface area contributed by atoms with Gasteiger partial charge in [-0.15, -0.1) is 0 Å². The van der Waals surface area contributed by atoms with Crippen molar-refractivity contribution in [1.29, 1.82) is 0 Å². The number of nitro benzene ring substituents is 1. The summed E-state index contributed by atoms with van der Waals surface area (Å²) in [5.74, 6) is 2.78. The summed E-state index contributed by atoms with van der Waals surface area (Å²) in [6.07, 6.45) is 11.7. The van der Waals surface area contributed by atoms with E-state index >= 15 is 0 Å². The van der Waals surface area contributed by atoms with Crippen LogP contribution in [0.2, 0.25) is 0 Å². The molecule has 4 fully saturated rings. The second kappa shape index (κ2) is 5.73. The topological polar surface area (TPSA) is 55.5 Å². The number of aliphatic imine (C=N–C) groups is 1. The summed E-state index contributed by atoms with van der Waals surface area (Å²) >= 11 is 0. The molecule has 0 spiro atoms. The maximum Gasteiger partial charge on any atom is 0.270 e. The molecular formula is C19H24N2O2. The average molecular weight is 312 g/mol. The molecule has 122 valence electrons. The summed E-state index contributed by atoms with van der Waals surface area (Å²) in [6, 6.07) is 6.76. The van der Waals surface area contributed by atoms with E-state index in [1.165, 1.54) is 51.0 Å². The van der Waals surface area contributed by atoms with E-state index < -0.39 is 0 Å². The number of non-ortho nitro benzene ring substituents is 1. The van der Waals surface area contributed by atoms with E-state index in [0.717, 1.165) is 29.9 Å². The lowest BCUT2D eigenvalue weighted by atomic mass is 9.58. The first-order valence-electron chi connectivity index (χ1n) is 8.86. The Labute approximate surface area is 137 Å². The summed E-state index contributed by atoms with van der Waals surface area (Å²) in [5.41, 5.74) is 1.40. The number of rotatable bonds is 4. The Morgan fingerprint density at radius 3 is 2.57 bits per heavy atom. The highest BCUT2D eigenvalue weighted by Gasteiger charge is 2.48. The fraction of sp³-hybridized carbons (Fsp3) is 0.632. The number of hydrogen-bond donors (Lipinski definition) is 0. The van der Waals surface area contributed by atoms with Gasteiger partial charge in [0, 0.05) is 24.9 Å². The minimum atomic E-state index is -0.347. The standard InChI is InChI=1S/C19H24N2O2/c22-21(23)18-3-1-2-16(8-18)12-20-13-19-9-14-4-5-15(10-19)7-17(6-14)11-19/h1-3,8,12,14-15,17H,4-7,9-11,13H2. The molecule has 0 aromatic heterocycles. The van der Waals surface area contributed by atoms with Gasteiger partial charge >= 0.3 is 0 Å². The van der Waals surface area contributed by atoms with Crippen LogP contribution < -0.4 is 0 Å². The fourth-order valence-electron chi connectivity index (χ4n) is 5.63. The highest BCUT2D eigenvalue weighted by molar-refractivity contribution is 5.80. The van der Waals surface area contributed by atoms with Crippen LogP contribution in [0.3, 0.4) is 0 Å². The summed E-state index contributed by atoms with van der Waals surface area (Å²) in [6.45, 7) is 0.902. The monoisotopic (exact) mass is 312 g/mol. The molecule has 2 unspecified atom stereocenters. The van der Waals surface area contributed by atoms with E-state index in [-0.39, 0.29) is 10.6 Å². The average Bonchev–Trinajstić information content (AvgIpc) is 2.73. The molecule has 4 aliphatic rings. The second-order valence-electron chi connectivity index (χ2n) is 8.08. The molecule has 5 rings (SSSR count). The molecule has 4 aliphatic carbocycles. The highest BCUT2D eigenvalue weighted by Crippen LogP contribution is 2.57. The lowest BCUT2D eigenvalue weighted by Gasteiger charge is -2.47. The van der Waals surface area contributed by atoms with Crippen LogP contribution in [0.1, 0.15) is 50.5 Å². The predicted octanol–water partition coefficient (Wildman–Crippen LogP) is 4.62. The zero-order valence-corrected chi connectivity index (χ0v) is 13.5. The zero-order chi connectivity index (χ0) is 15.9. The van der Waals surface area contributed by atoms with Gasteiger partial charge in [-0.3, -0.25) is 15.1 Å². The third-order valence-corrected chi connectivity index (χ3v) is 6.23. The van der Waals surface area contributed by atoms with Gasteiger partial charge in [-0.1, -0.05) is 25.0 Å². The Morgan fingerprint density at radius 2 is 1.87 bits per heavy atom. The predicted molar refractivity (Wildman–Crippen MR) is 90.8 cm³/mol. The van der Waals surface area contributed by atoms with Crippen LogP contribution in [0.5, 0.6) is 0 Å². The third kappa shape index (κ3) is 3.04. The Morgan fingerprint density at radius 1 is 1.17 bits per heavy atom. The Balaban J connectivity index is 1.48. The number of nitro groups is 1. The SMILES string of the molecule is O=[N+]([O-])c1cccc(C=NCC23CC4CCC(CC(C4)C2)C3)c1. The van der Waals surface area contributed by atoms with Gasteiger partial charge in [0.1, 0.15) is 0 Å². The van der Waals surface area contributed by atoms with Crippen molar-refractivity contribution in [2.75, 3.05) is 6.54 Å². The Hall–Kier alpha value is -1.71. The largest absolute Gasteiger partial charge is 0.292 e. The minimum absolute atomic E-state index is 0.139. The molecule has 0 N–H and O–H groups in total. The molecule has 0 radical (unpaired) electrons. The van der Waals surface area contributed by atoms with Crippen molar-refractivity contribution in [3.63, 3.8) is 0 Å². The van der Waals surface area contributed by atoms with Crippen molar-refractivity contribution < 1.29 is 4.92 Å². The maximum absolute atomic E-state index is 10.9. The molecule has 0 heterocycles. The van der Waals surface area contributed by atoms with Crippen molar-refractivity contribution >= 4 is 11.9 Å². The molecule has 23 heavy (non-hydrogen) atoms. The lowest BCUT2D eigenvalue weighted by molar-refractivity contribution is -0.384. The summed E-state index contributed by atoms with van der Waals surface area (Å²) in [5, 5.41) is 10.9. The number of fused-ring (bicyclic) bond motifs is 1. The first kappa shape index (κ1) is 14.9. The first-order chi connectivity index (χ1) is 11.1. The molecule has 2 atom stereocenters. The summed E-state index contributed by atoms with van der Waals surface area (Å²) in [4.78, 5) is 15.2. The normalized spacial score (nSPS) is 35.6. The van der Waals surface area contributed by atoms with E-state index in [1.54, 1.807) is 12.1 Å². The molecule has 4 saturated carbocycles. The van der Waals surface area contributed by atoms with Crippen molar-refractivity contribution in [2.24, 2.45) is 28.2 Å². The van der Waals surface area contributed by atoms with E-state index in [9.17, 15) is 10.1 Å². The van der Waals surface area contributed by atoms with Gasteiger partial charge in [0.15, 0.2) is 0 Å². The van der Waals surface area contributed by atoms with Crippen molar-refractivity contribution in [2.45, 2.75) is 44.9 Å². The van der Waals surface area contributed by atoms with Crippen LogP contribution in [0.4, 0.5) is 5.69 Å². The third-order valence-electron chi connectivity index (χ3n) is 6.23. The molecule has 4 heteroatoms. The fourth-order valence-corrected chi connectivity index (χ4v) is 5.63. The number of benzene rings is 1. The molecule has 4 bridgehead atoms. The maximum atomic E-state index is 10.9. The second-order valence-corrected chi connectivity index (χ2v) is 8.08. The Bertz CT molecular complexity index is 624. The van der Waals surface area contributed by atoms with Crippen LogP contribution in [0.15, 0.2) is 29.3 Å². The van der Waals surface area contributed by atoms with Gasteiger partial charge in [0.2, 0.25) is 0 Å². The smallest absolute Gasteiger partial charge is 0.270 e. The minimum Gasteiger partial charge on any atom is -0.292 e. The summed E-state index contributed by atoms with van der Waals surface area (Å²) < 4.78 is 0. The molecule has 1 aromatic carbocycles. The quantitative estimate of drug-likeness (QED) is 0.463. The molecule has 0 saturated heterocycles. The van der Waals surface area contributed by atoms with Gasteiger partial charge in [-0.25, -0.2) is 0 Å². The lowest BCUT2D eigenvalue weighted by Crippen LogP contribution is -2.39. The molecule has 0 amide bonds. The van der Waals surface area contributed by atoms with E-state index in [4.69, 9.17) is 4.99 Å². The molecule has 1 aromatic rings. The van der Waals surface area contributed by atoms with Crippen molar-refractivity contribution in [1.82, 2.24) is 0 Å². The van der Waals surface area contributed by atoms with E-state index in [0.29, 0.717) is 5.41 Å². The highest BCUT2D eigenvalue weighted by atomic mass is 16.6. The van der Waals surface area contributed by atoms with Crippen molar-refractivity contribution in [3.8, 4) is 0 Å². The first-order valence-corrected chi connectivity index (χ1v) is 8.86. The van der Waals surface area contributed by atoms with Gasteiger partial charge in [0.05, 0.1) is 4.92 Å². The van der Waals surface area contributed by atoms with E-state index in [2.05, 4.69) is 0 Å². The van der Waals surface area contributed by atoms with Crippen LogP contribution in [0.25, 0.3) is 0 Å². The van der Waals surface area contributed by atoms with Crippen LogP contribution in [-0.4, -0.2) is 17.7 Å². The van der Waals surface area contributed by atoms with Gasteiger partial charge in [-0.05, 0) is 60.8 Å². The molecular weight excluding hydrogens is 288 g/mol. The number of nitrogens with zero attached hydrogens (tertiary/aromatic N) is 2. The van der Waals surface area contributed by atoms with Gasteiger partial charge in [0.25, 0.3) is 5.69 Å². The summed E-state index contributed by atoms with van der Waals surface area (Å²) in [7, 11) is 0. The number of hydrogen-bond acceptors (Lipinski definition) is 3. The van der Waals surface area contributed by atoms with Gasteiger partial charge < -0.3 is 0 Å². The van der Waals surface area contributed by atoms with Crippen molar-refractivity contribution in [3.05, 3.63) is 39.9 Å². The van der Waals surface area contributed by atoms with E-state index in [1.807, 2.05) is 12.3 Å². The van der Waals surface area contributed by atoms with Crippen LogP contribution in [0, 0.1) is 33.3 Å². The molecule has 0 aliphatic heterocycles. The Kier molecular flexibility index (Phi) is 3.70.